The SMILES string of the molecule is CN(Cc1cnc2nc(N)nc(N)c2n1)c1ccc(C(=O)NC(CCC(=O)O)C(=O)O)cc1.O.O. The molecule has 0 bridgehead atoms. The summed E-state index contributed by atoms with van der Waals surface area (Å²) in [5.74, 6) is -2.91. The van der Waals surface area contributed by atoms with E-state index in [0.717, 1.165) is 5.69 Å². The monoisotopic (exact) mass is 490 g/mol. The van der Waals surface area contributed by atoms with Crippen molar-refractivity contribution in [3.63, 3.8) is 0 Å². The Morgan fingerprint density at radius 1 is 1.06 bits per heavy atom. The quantitative estimate of drug-likeness (QED) is 0.232. The lowest BCUT2D eigenvalue weighted by Crippen LogP contribution is -2.41. The molecule has 0 spiro atoms. The molecule has 0 fully saturated rings. The van der Waals surface area contributed by atoms with Gasteiger partial charge < -0.3 is 42.8 Å². The molecule has 1 atom stereocenters. The number of aliphatic carboxylic acids is 2. The number of nitrogens with two attached hydrogens (primary N) is 2. The van der Waals surface area contributed by atoms with Gasteiger partial charge in [-0.15, -0.1) is 0 Å². The van der Waals surface area contributed by atoms with Crippen molar-refractivity contribution in [1.82, 2.24) is 25.3 Å². The number of aromatic nitrogens is 4. The molecule has 0 aliphatic rings. The van der Waals surface area contributed by atoms with Gasteiger partial charge in [0.05, 0.1) is 18.4 Å². The maximum absolute atomic E-state index is 12.4. The molecule has 0 saturated carbocycles. The summed E-state index contributed by atoms with van der Waals surface area (Å²) < 4.78 is 0. The van der Waals surface area contributed by atoms with Crippen LogP contribution in [0.3, 0.4) is 0 Å². The molecule has 2 heterocycles. The van der Waals surface area contributed by atoms with Crippen molar-refractivity contribution in [2.45, 2.75) is 25.4 Å². The van der Waals surface area contributed by atoms with Crippen LogP contribution in [0.15, 0.2) is 30.5 Å². The van der Waals surface area contributed by atoms with Gasteiger partial charge in [-0.2, -0.15) is 9.97 Å². The number of nitrogens with zero attached hydrogens (tertiary/aromatic N) is 5. The predicted molar refractivity (Wildman–Crippen MR) is 125 cm³/mol. The van der Waals surface area contributed by atoms with Crippen LogP contribution in [0.25, 0.3) is 11.2 Å². The van der Waals surface area contributed by atoms with E-state index in [0.29, 0.717) is 23.4 Å². The Balaban J connectivity index is 0.00000306. The van der Waals surface area contributed by atoms with Crippen LogP contribution < -0.4 is 21.7 Å². The lowest BCUT2D eigenvalue weighted by Gasteiger charge is -2.19. The summed E-state index contributed by atoms with van der Waals surface area (Å²) in [5, 5.41) is 20.2. The zero-order chi connectivity index (χ0) is 24.1. The maximum atomic E-state index is 12.4. The van der Waals surface area contributed by atoms with Gasteiger partial charge in [0.2, 0.25) is 5.95 Å². The first kappa shape index (κ1) is 28.4. The summed E-state index contributed by atoms with van der Waals surface area (Å²) in [4.78, 5) is 52.7. The molecule has 188 valence electrons. The predicted octanol–water partition coefficient (Wildman–Crippen LogP) is -1.38. The van der Waals surface area contributed by atoms with E-state index in [4.69, 9.17) is 16.6 Å². The van der Waals surface area contributed by atoms with Crippen LogP contribution in [0.4, 0.5) is 17.5 Å². The number of nitrogen functional groups attached to an aromatic ring is 2. The molecule has 0 radical (unpaired) electrons. The zero-order valence-electron chi connectivity index (χ0n) is 18.6. The van der Waals surface area contributed by atoms with Crippen LogP contribution in [0, 0.1) is 0 Å². The van der Waals surface area contributed by atoms with Crippen molar-refractivity contribution in [2.24, 2.45) is 0 Å². The van der Waals surface area contributed by atoms with Crippen molar-refractivity contribution < 1.29 is 35.5 Å². The number of carboxylic acids is 2. The second-order valence-corrected chi connectivity index (χ2v) is 7.20. The van der Waals surface area contributed by atoms with Crippen LogP contribution in [0.1, 0.15) is 28.9 Å². The van der Waals surface area contributed by atoms with Crippen molar-refractivity contribution >= 4 is 46.5 Å². The van der Waals surface area contributed by atoms with E-state index in [1.54, 1.807) is 18.3 Å². The third-order valence-electron chi connectivity index (χ3n) is 4.72. The Kier molecular flexibility index (Phi) is 9.74. The van der Waals surface area contributed by atoms with Gasteiger partial charge in [-0.25, -0.2) is 14.8 Å². The van der Waals surface area contributed by atoms with Crippen LogP contribution in [-0.4, -0.2) is 72.0 Å². The minimum Gasteiger partial charge on any atom is -0.481 e. The van der Waals surface area contributed by atoms with E-state index in [9.17, 15) is 19.5 Å². The molecule has 15 heteroatoms. The molecule has 11 N–H and O–H groups in total. The molecule has 35 heavy (non-hydrogen) atoms. The minimum atomic E-state index is -1.30. The van der Waals surface area contributed by atoms with Gasteiger partial charge in [0.1, 0.15) is 6.04 Å². The topological polar surface area (TPSA) is 274 Å². The maximum Gasteiger partial charge on any atom is 0.326 e. The van der Waals surface area contributed by atoms with Gasteiger partial charge in [0.25, 0.3) is 5.91 Å². The summed E-state index contributed by atoms with van der Waals surface area (Å²) in [7, 11) is 1.82. The first-order valence-electron chi connectivity index (χ1n) is 9.75. The lowest BCUT2D eigenvalue weighted by molar-refractivity contribution is -0.140. The molecule has 1 aromatic carbocycles. The highest BCUT2D eigenvalue weighted by atomic mass is 16.4. The van der Waals surface area contributed by atoms with Gasteiger partial charge in [-0.3, -0.25) is 9.59 Å². The van der Waals surface area contributed by atoms with E-state index >= 15 is 0 Å². The number of hydrogen-bond acceptors (Lipinski definition) is 10. The van der Waals surface area contributed by atoms with Crippen molar-refractivity contribution in [1.29, 1.82) is 0 Å². The average molecular weight is 490 g/mol. The van der Waals surface area contributed by atoms with Crippen LogP contribution in [0.2, 0.25) is 0 Å². The zero-order valence-corrected chi connectivity index (χ0v) is 18.6. The summed E-state index contributed by atoms with van der Waals surface area (Å²) in [5.41, 5.74) is 13.7. The molecule has 3 rings (SSSR count). The van der Waals surface area contributed by atoms with Gasteiger partial charge in [-0.1, -0.05) is 0 Å². The molecule has 2 aromatic heterocycles. The minimum absolute atomic E-state index is 0. The Morgan fingerprint density at radius 2 is 1.71 bits per heavy atom. The highest BCUT2D eigenvalue weighted by Crippen LogP contribution is 2.19. The summed E-state index contributed by atoms with van der Waals surface area (Å²) in [6.45, 7) is 0.370. The number of hydrogen-bond donors (Lipinski definition) is 5. The second kappa shape index (κ2) is 12.0. The van der Waals surface area contributed by atoms with Crippen LogP contribution in [0.5, 0.6) is 0 Å². The number of nitrogens with one attached hydrogen (secondary N) is 1. The normalized spacial score (nSPS) is 11.0. The summed E-state index contributed by atoms with van der Waals surface area (Å²) in [6, 6.07) is 5.16. The molecule has 3 aromatic rings. The van der Waals surface area contributed by atoms with Crippen molar-refractivity contribution in [2.75, 3.05) is 23.4 Å². The Morgan fingerprint density at radius 3 is 2.31 bits per heavy atom. The molecule has 0 saturated heterocycles. The standard InChI is InChI=1S/C20H22N8O5.2H2O/c1-28(9-11-8-23-17-15(24-11)16(21)26-20(22)27-17)12-4-2-10(3-5-12)18(31)25-13(19(32)33)6-7-14(29)30;;/h2-5,8,13H,6-7,9H2,1H3,(H,25,31)(H,29,30)(H,32,33)(H4,21,22,23,26,27);2*1H2. The van der Waals surface area contributed by atoms with Gasteiger partial charge in [0.15, 0.2) is 17.0 Å². The molecular weight excluding hydrogens is 464 g/mol. The lowest BCUT2D eigenvalue weighted by atomic mass is 10.1. The molecular formula is C20H26N8O7. The number of carbonyl (C=O) groups excluding carboxylic acids is 1. The first-order valence-corrected chi connectivity index (χ1v) is 9.75. The fourth-order valence-electron chi connectivity index (χ4n) is 3.03. The summed E-state index contributed by atoms with van der Waals surface area (Å²) in [6.07, 6.45) is 0.964. The van der Waals surface area contributed by atoms with Gasteiger partial charge in [0, 0.05) is 24.7 Å². The number of carboxylic acid groups (broad SMARTS) is 2. The fourth-order valence-corrected chi connectivity index (χ4v) is 3.03. The van der Waals surface area contributed by atoms with E-state index < -0.39 is 23.9 Å². The molecule has 1 unspecified atom stereocenters. The number of benzene rings is 1. The number of carbonyl (C=O) groups is 3. The number of amides is 1. The van der Waals surface area contributed by atoms with E-state index in [1.165, 1.54) is 12.1 Å². The molecule has 15 nitrogen and oxygen atoms in total. The third kappa shape index (κ3) is 7.18. The largest absolute Gasteiger partial charge is 0.481 e. The van der Waals surface area contributed by atoms with Crippen LogP contribution >= 0.6 is 0 Å². The first-order chi connectivity index (χ1) is 15.6. The van der Waals surface area contributed by atoms with E-state index in [2.05, 4.69) is 25.3 Å². The number of fused-ring (bicyclic) bond motifs is 1. The van der Waals surface area contributed by atoms with Gasteiger partial charge in [-0.05, 0) is 30.7 Å². The molecule has 0 aliphatic carbocycles. The Labute approximate surface area is 198 Å². The van der Waals surface area contributed by atoms with Crippen molar-refractivity contribution in [3.8, 4) is 0 Å². The molecule has 0 aliphatic heterocycles. The van der Waals surface area contributed by atoms with Crippen molar-refractivity contribution in [3.05, 3.63) is 41.7 Å². The van der Waals surface area contributed by atoms with E-state index in [1.807, 2.05) is 11.9 Å². The Bertz CT molecular complexity index is 1210. The Hall–Kier alpha value is -4.63. The van der Waals surface area contributed by atoms with Gasteiger partial charge >= 0.3 is 11.9 Å². The number of anilines is 3. The highest BCUT2D eigenvalue weighted by Gasteiger charge is 2.21. The van der Waals surface area contributed by atoms with E-state index in [-0.39, 0.29) is 41.1 Å². The third-order valence-corrected chi connectivity index (χ3v) is 4.72. The number of rotatable bonds is 9. The fraction of sp³-hybridized carbons (Fsp3) is 0.250. The average Bonchev–Trinajstić information content (AvgIpc) is 2.76. The highest BCUT2D eigenvalue weighted by molar-refractivity contribution is 5.97. The summed E-state index contributed by atoms with van der Waals surface area (Å²) >= 11 is 0. The second-order valence-electron chi connectivity index (χ2n) is 7.20. The smallest absolute Gasteiger partial charge is 0.326 e. The molecule has 1 amide bonds. The van der Waals surface area contributed by atoms with Crippen LogP contribution in [-0.2, 0) is 16.1 Å².